The Labute approximate surface area is 232 Å². The molecule has 0 aliphatic carbocycles. The lowest BCUT2D eigenvalue weighted by atomic mass is 10.0. The Morgan fingerprint density at radius 2 is 1.46 bits per heavy atom. The highest BCUT2D eigenvalue weighted by atomic mass is 32.2. The van der Waals surface area contributed by atoms with E-state index >= 15 is 0 Å². The summed E-state index contributed by atoms with van der Waals surface area (Å²) in [5.41, 5.74) is 3.62. The molecule has 0 aromatic heterocycles. The molecule has 3 rings (SSSR count). The maximum Gasteiger partial charge on any atom is 0.244 e. The van der Waals surface area contributed by atoms with Gasteiger partial charge in [0.05, 0.1) is 11.9 Å². The standard InChI is InChI=1S/C31H39N3O4S/c1-23-15-17-27(18-16-23)34(39(6,37)38)22-29(35)33(21-26-14-10-11-24(2)19-26)28(30(36)32-31(3,4)5)20-25-12-8-7-9-13-25/h7-19,28H,20-22H2,1-6H3,(H,32,36)/t28-/m1/s1. The van der Waals surface area contributed by atoms with Gasteiger partial charge in [-0.25, -0.2) is 8.42 Å². The van der Waals surface area contributed by atoms with Gasteiger partial charge < -0.3 is 10.2 Å². The van der Waals surface area contributed by atoms with Crippen LogP contribution in [0.5, 0.6) is 0 Å². The maximum atomic E-state index is 14.1. The summed E-state index contributed by atoms with van der Waals surface area (Å²) < 4.78 is 26.8. The minimum atomic E-state index is -3.79. The molecule has 0 saturated carbocycles. The third-order valence-electron chi connectivity index (χ3n) is 6.21. The fourth-order valence-electron chi connectivity index (χ4n) is 4.34. The Morgan fingerprint density at radius 1 is 0.846 bits per heavy atom. The zero-order valence-electron chi connectivity index (χ0n) is 23.6. The van der Waals surface area contributed by atoms with Gasteiger partial charge in [0.1, 0.15) is 12.6 Å². The van der Waals surface area contributed by atoms with Crippen molar-refractivity contribution < 1.29 is 18.0 Å². The van der Waals surface area contributed by atoms with Gasteiger partial charge in [-0.05, 0) is 57.9 Å². The van der Waals surface area contributed by atoms with Crippen molar-refractivity contribution in [3.8, 4) is 0 Å². The number of carbonyl (C=O) groups excluding carboxylic acids is 2. The monoisotopic (exact) mass is 549 g/mol. The quantitative estimate of drug-likeness (QED) is 0.400. The van der Waals surface area contributed by atoms with Gasteiger partial charge in [0.15, 0.2) is 0 Å². The number of aryl methyl sites for hydroxylation is 2. The van der Waals surface area contributed by atoms with Crippen molar-refractivity contribution in [2.24, 2.45) is 0 Å². The van der Waals surface area contributed by atoms with Crippen LogP contribution in [0.25, 0.3) is 0 Å². The van der Waals surface area contributed by atoms with E-state index in [0.29, 0.717) is 5.69 Å². The number of hydrogen-bond donors (Lipinski definition) is 1. The zero-order chi connectivity index (χ0) is 28.8. The van der Waals surface area contributed by atoms with E-state index < -0.39 is 34.1 Å². The largest absolute Gasteiger partial charge is 0.350 e. The third kappa shape index (κ3) is 8.96. The normalized spacial score (nSPS) is 12.5. The molecule has 0 bridgehead atoms. The first-order chi connectivity index (χ1) is 18.2. The lowest BCUT2D eigenvalue weighted by Crippen LogP contribution is -2.56. The van der Waals surface area contributed by atoms with Gasteiger partial charge in [-0.1, -0.05) is 77.9 Å². The van der Waals surface area contributed by atoms with E-state index in [1.165, 1.54) is 4.90 Å². The molecule has 0 radical (unpaired) electrons. The van der Waals surface area contributed by atoms with E-state index in [1.807, 2.05) is 89.2 Å². The second kappa shape index (κ2) is 12.5. The summed E-state index contributed by atoms with van der Waals surface area (Å²) >= 11 is 0. The van der Waals surface area contributed by atoms with E-state index in [4.69, 9.17) is 0 Å². The third-order valence-corrected chi connectivity index (χ3v) is 7.35. The number of rotatable bonds is 10. The number of nitrogens with one attached hydrogen (secondary N) is 1. The van der Waals surface area contributed by atoms with Gasteiger partial charge in [0, 0.05) is 18.5 Å². The van der Waals surface area contributed by atoms with Gasteiger partial charge in [0.2, 0.25) is 21.8 Å². The van der Waals surface area contributed by atoms with Crippen LogP contribution in [-0.2, 0) is 32.6 Å². The first-order valence-corrected chi connectivity index (χ1v) is 14.8. The number of hydrogen-bond acceptors (Lipinski definition) is 4. The highest BCUT2D eigenvalue weighted by Gasteiger charge is 2.34. The van der Waals surface area contributed by atoms with Crippen LogP contribution < -0.4 is 9.62 Å². The van der Waals surface area contributed by atoms with Crippen LogP contribution in [0, 0.1) is 13.8 Å². The minimum Gasteiger partial charge on any atom is -0.350 e. The number of anilines is 1. The first kappa shape index (κ1) is 29.9. The lowest BCUT2D eigenvalue weighted by molar-refractivity contribution is -0.140. The van der Waals surface area contributed by atoms with E-state index in [0.717, 1.165) is 32.8 Å². The van der Waals surface area contributed by atoms with Crippen LogP contribution in [0.15, 0.2) is 78.9 Å². The molecule has 0 aliphatic rings. The van der Waals surface area contributed by atoms with Gasteiger partial charge in [0.25, 0.3) is 0 Å². The Kier molecular flexibility index (Phi) is 9.56. The lowest BCUT2D eigenvalue weighted by Gasteiger charge is -2.35. The van der Waals surface area contributed by atoms with Gasteiger partial charge >= 0.3 is 0 Å². The van der Waals surface area contributed by atoms with Crippen molar-refractivity contribution in [2.75, 3.05) is 17.1 Å². The molecule has 208 valence electrons. The molecule has 0 saturated heterocycles. The number of benzene rings is 3. The van der Waals surface area contributed by atoms with Crippen molar-refractivity contribution in [1.29, 1.82) is 0 Å². The number of amides is 2. The van der Waals surface area contributed by atoms with Crippen LogP contribution in [0.2, 0.25) is 0 Å². The van der Waals surface area contributed by atoms with Crippen LogP contribution in [0.1, 0.15) is 43.0 Å². The molecule has 3 aromatic rings. The van der Waals surface area contributed by atoms with E-state index in [2.05, 4.69) is 5.32 Å². The summed E-state index contributed by atoms with van der Waals surface area (Å²) in [6.07, 6.45) is 1.36. The van der Waals surface area contributed by atoms with Crippen molar-refractivity contribution in [3.05, 3.63) is 101 Å². The van der Waals surface area contributed by atoms with Crippen molar-refractivity contribution in [2.45, 2.75) is 59.2 Å². The van der Waals surface area contributed by atoms with E-state index in [1.54, 1.807) is 24.3 Å². The molecule has 1 atom stereocenters. The highest BCUT2D eigenvalue weighted by molar-refractivity contribution is 7.92. The fraction of sp³-hybridized carbons (Fsp3) is 0.355. The summed E-state index contributed by atoms with van der Waals surface area (Å²) in [5.74, 6) is -0.763. The summed E-state index contributed by atoms with van der Waals surface area (Å²) in [7, 11) is -3.79. The molecule has 0 heterocycles. The van der Waals surface area contributed by atoms with Crippen molar-refractivity contribution in [1.82, 2.24) is 10.2 Å². The Morgan fingerprint density at radius 3 is 2.03 bits per heavy atom. The summed E-state index contributed by atoms with van der Waals surface area (Å²) in [5, 5.41) is 3.03. The maximum absolute atomic E-state index is 14.1. The summed E-state index contributed by atoms with van der Waals surface area (Å²) in [4.78, 5) is 29.3. The highest BCUT2D eigenvalue weighted by Crippen LogP contribution is 2.21. The average Bonchev–Trinajstić information content (AvgIpc) is 2.84. The van der Waals surface area contributed by atoms with Crippen LogP contribution in [0.4, 0.5) is 5.69 Å². The average molecular weight is 550 g/mol. The molecule has 2 amide bonds. The molecular weight excluding hydrogens is 510 g/mol. The van der Waals surface area contributed by atoms with E-state index in [-0.39, 0.29) is 18.9 Å². The van der Waals surface area contributed by atoms with E-state index in [9.17, 15) is 18.0 Å². The fourth-order valence-corrected chi connectivity index (χ4v) is 5.19. The molecule has 0 aliphatic heterocycles. The predicted octanol–water partition coefficient (Wildman–Crippen LogP) is 4.62. The second-order valence-corrected chi connectivity index (χ2v) is 13.0. The second-order valence-electron chi connectivity index (χ2n) is 11.1. The summed E-state index contributed by atoms with van der Waals surface area (Å²) in [6.45, 7) is 9.26. The number of carbonyl (C=O) groups is 2. The molecule has 39 heavy (non-hydrogen) atoms. The number of nitrogens with zero attached hydrogens (tertiary/aromatic N) is 2. The molecule has 3 aromatic carbocycles. The Balaban J connectivity index is 2.07. The van der Waals surface area contributed by atoms with Crippen molar-refractivity contribution in [3.63, 3.8) is 0 Å². The smallest absolute Gasteiger partial charge is 0.244 e. The molecule has 8 heteroatoms. The molecule has 0 fully saturated rings. The van der Waals surface area contributed by atoms with Gasteiger partial charge in [-0.3, -0.25) is 13.9 Å². The Bertz CT molecular complexity index is 1380. The summed E-state index contributed by atoms with van der Waals surface area (Å²) in [6, 6.07) is 23.4. The van der Waals surface area contributed by atoms with Crippen LogP contribution in [-0.4, -0.2) is 49.5 Å². The van der Waals surface area contributed by atoms with Crippen LogP contribution in [0.3, 0.4) is 0 Å². The SMILES string of the molecule is Cc1ccc(N(CC(=O)N(Cc2cccc(C)c2)[C@H](Cc2ccccc2)C(=O)NC(C)(C)C)S(C)(=O)=O)cc1. The molecule has 1 N–H and O–H groups in total. The molecule has 0 unspecified atom stereocenters. The van der Waals surface area contributed by atoms with Crippen LogP contribution >= 0.6 is 0 Å². The molecule has 0 spiro atoms. The first-order valence-electron chi connectivity index (χ1n) is 13.0. The van der Waals surface area contributed by atoms with Gasteiger partial charge in [-0.15, -0.1) is 0 Å². The minimum absolute atomic E-state index is 0.154. The number of sulfonamides is 1. The Hall–Kier alpha value is -3.65. The van der Waals surface area contributed by atoms with Gasteiger partial charge in [-0.2, -0.15) is 0 Å². The molecular formula is C31H39N3O4S. The van der Waals surface area contributed by atoms with Crippen molar-refractivity contribution >= 4 is 27.5 Å². The zero-order valence-corrected chi connectivity index (χ0v) is 24.5. The molecule has 7 nitrogen and oxygen atoms in total. The topological polar surface area (TPSA) is 86.8 Å². The predicted molar refractivity (Wildman–Crippen MR) is 157 cm³/mol.